The van der Waals surface area contributed by atoms with Gasteiger partial charge in [0.05, 0.1) is 15.7 Å². The van der Waals surface area contributed by atoms with Gasteiger partial charge in [-0.1, -0.05) is 41.4 Å². The lowest BCUT2D eigenvalue weighted by atomic mass is 10.1. The fraction of sp³-hybridized carbons (Fsp3) is 0.211. The zero-order valence-electron chi connectivity index (χ0n) is 15.3. The lowest BCUT2D eigenvalue weighted by Crippen LogP contribution is -2.37. The highest BCUT2D eigenvalue weighted by Gasteiger charge is 2.28. The van der Waals surface area contributed by atoms with Crippen LogP contribution in [-0.4, -0.2) is 34.6 Å². The molecular weight excluding hydrogens is 419 g/mol. The van der Waals surface area contributed by atoms with Crippen LogP contribution in [0.3, 0.4) is 0 Å². The number of pyridine rings is 1. The molecule has 2 amide bonds. The van der Waals surface area contributed by atoms with E-state index in [1.54, 1.807) is 30.3 Å². The van der Waals surface area contributed by atoms with E-state index in [-0.39, 0.29) is 35.3 Å². The third-order valence-electron chi connectivity index (χ3n) is 3.97. The highest BCUT2D eigenvalue weighted by Crippen LogP contribution is 2.23. The molecule has 1 atom stereocenters. The maximum atomic E-state index is 12.4. The largest absolute Gasteiger partial charge is 0.448 e. The van der Waals surface area contributed by atoms with Crippen LogP contribution in [0.15, 0.2) is 47.7 Å². The Balaban J connectivity index is 1.67. The summed E-state index contributed by atoms with van der Waals surface area (Å²) in [5.74, 6) is -1.54. The SMILES string of the molecule is CC(OC(=O)C1=NN(c2ccccc2)C(=O)CC1)C(=O)Nc1ncc(Cl)cc1Cl. The molecular formula is C19H16Cl2N4O4. The highest BCUT2D eigenvalue weighted by atomic mass is 35.5. The maximum absolute atomic E-state index is 12.4. The first-order valence-corrected chi connectivity index (χ1v) is 9.39. The van der Waals surface area contributed by atoms with E-state index in [2.05, 4.69) is 15.4 Å². The fourth-order valence-corrected chi connectivity index (χ4v) is 2.91. The van der Waals surface area contributed by atoms with Crippen LogP contribution >= 0.6 is 23.2 Å². The van der Waals surface area contributed by atoms with Crippen molar-refractivity contribution in [2.75, 3.05) is 10.3 Å². The number of anilines is 2. The molecule has 1 aromatic carbocycles. The number of para-hydroxylation sites is 1. The van der Waals surface area contributed by atoms with Gasteiger partial charge in [-0.2, -0.15) is 5.10 Å². The fourth-order valence-electron chi connectivity index (χ4n) is 2.48. The van der Waals surface area contributed by atoms with Crippen molar-refractivity contribution in [2.45, 2.75) is 25.9 Å². The van der Waals surface area contributed by atoms with E-state index >= 15 is 0 Å². The van der Waals surface area contributed by atoms with Crippen LogP contribution in [-0.2, 0) is 19.1 Å². The first-order chi connectivity index (χ1) is 13.8. The molecule has 0 spiro atoms. The van der Waals surface area contributed by atoms with Crippen molar-refractivity contribution in [3.63, 3.8) is 0 Å². The van der Waals surface area contributed by atoms with Gasteiger partial charge in [-0.25, -0.2) is 14.8 Å². The summed E-state index contributed by atoms with van der Waals surface area (Å²) in [5, 5.41) is 8.19. The van der Waals surface area contributed by atoms with Crippen molar-refractivity contribution in [1.82, 2.24) is 4.98 Å². The molecule has 0 aliphatic carbocycles. The molecule has 0 radical (unpaired) electrons. The third-order valence-corrected chi connectivity index (χ3v) is 4.47. The minimum Gasteiger partial charge on any atom is -0.448 e. The van der Waals surface area contributed by atoms with Crippen molar-refractivity contribution < 1.29 is 19.1 Å². The summed E-state index contributed by atoms with van der Waals surface area (Å²) in [7, 11) is 0. The number of aromatic nitrogens is 1. The average molecular weight is 435 g/mol. The monoisotopic (exact) mass is 434 g/mol. The number of rotatable bonds is 5. The van der Waals surface area contributed by atoms with Gasteiger partial charge in [0.2, 0.25) is 5.91 Å². The minimum atomic E-state index is -1.14. The number of halogens is 2. The number of carbonyl (C=O) groups is 3. The van der Waals surface area contributed by atoms with Crippen molar-refractivity contribution in [1.29, 1.82) is 0 Å². The molecule has 2 aromatic rings. The number of carbonyl (C=O) groups excluding carboxylic acids is 3. The third kappa shape index (κ3) is 5.10. The molecule has 1 N–H and O–H groups in total. The Hall–Kier alpha value is -2.97. The topological polar surface area (TPSA) is 101 Å². The van der Waals surface area contributed by atoms with Gasteiger partial charge in [-0.3, -0.25) is 9.59 Å². The molecule has 2 heterocycles. The number of amides is 2. The van der Waals surface area contributed by atoms with Gasteiger partial charge in [-0.05, 0) is 25.1 Å². The van der Waals surface area contributed by atoms with Crippen LogP contribution < -0.4 is 10.3 Å². The summed E-state index contributed by atoms with van der Waals surface area (Å²) in [6, 6.07) is 10.1. The standard InChI is InChI=1S/C19H16Cl2N4O4/c1-11(18(27)23-17-14(21)9-12(20)10-22-17)29-19(28)15-7-8-16(26)25(24-15)13-5-3-2-4-6-13/h2-6,9-11H,7-8H2,1H3,(H,22,23,27). The molecule has 0 fully saturated rings. The average Bonchev–Trinajstić information content (AvgIpc) is 2.71. The summed E-state index contributed by atoms with van der Waals surface area (Å²) in [6.07, 6.45) is 0.417. The second-order valence-corrected chi connectivity index (χ2v) is 6.95. The number of hydrazone groups is 1. The van der Waals surface area contributed by atoms with Crippen molar-refractivity contribution in [2.24, 2.45) is 5.10 Å². The molecule has 0 saturated carbocycles. The Morgan fingerprint density at radius 2 is 1.93 bits per heavy atom. The lowest BCUT2D eigenvalue weighted by molar-refractivity contribution is -0.146. The molecule has 0 saturated heterocycles. The summed E-state index contributed by atoms with van der Waals surface area (Å²) >= 11 is 11.7. The highest BCUT2D eigenvalue weighted by molar-refractivity contribution is 6.38. The molecule has 1 aliphatic heterocycles. The number of nitrogens with one attached hydrogen (secondary N) is 1. The molecule has 10 heteroatoms. The number of hydrogen-bond acceptors (Lipinski definition) is 6. The number of nitrogens with zero attached hydrogens (tertiary/aromatic N) is 3. The van der Waals surface area contributed by atoms with E-state index in [4.69, 9.17) is 27.9 Å². The van der Waals surface area contributed by atoms with Crippen LogP contribution in [0.2, 0.25) is 10.0 Å². The van der Waals surface area contributed by atoms with Gasteiger partial charge in [-0.15, -0.1) is 0 Å². The molecule has 1 unspecified atom stereocenters. The molecule has 1 aliphatic rings. The van der Waals surface area contributed by atoms with E-state index in [1.807, 2.05) is 0 Å². The second-order valence-electron chi connectivity index (χ2n) is 6.11. The maximum Gasteiger partial charge on any atom is 0.355 e. The van der Waals surface area contributed by atoms with E-state index in [1.165, 1.54) is 19.2 Å². The molecule has 0 bridgehead atoms. The molecule has 150 valence electrons. The van der Waals surface area contributed by atoms with Gasteiger partial charge >= 0.3 is 5.97 Å². The van der Waals surface area contributed by atoms with Crippen molar-refractivity contribution >= 4 is 58.2 Å². The lowest BCUT2D eigenvalue weighted by Gasteiger charge is -2.23. The zero-order valence-corrected chi connectivity index (χ0v) is 16.8. The summed E-state index contributed by atoms with van der Waals surface area (Å²) in [5.41, 5.74) is 0.590. The van der Waals surface area contributed by atoms with Crippen LogP contribution in [0.25, 0.3) is 0 Å². The normalized spacial score (nSPS) is 14.8. The predicted molar refractivity (Wildman–Crippen MR) is 109 cm³/mol. The van der Waals surface area contributed by atoms with E-state index in [0.29, 0.717) is 10.7 Å². The smallest absolute Gasteiger partial charge is 0.355 e. The number of benzene rings is 1. The summed E-state index contributed by atoms with van der Waals surface area (Å²) in [6.45, 7) is 1.40. The Morgan fingerprint density at radius 1 is 1.21 bits per heavy atom. The van der Waals surface area contributed by atoms with Gasteiger partial charge in [0.25, 0.3) is 5.91 Å². The van der Waals surface area contributed by atoms with E-state index < -0.39 is 18.0 Å². The van der Waals surface area contributed by atoms with Gasteiger partial charge in [0.1, 0.15) is 5.71 Å². The van der Waals surface area contributed by atoms with Crippen LogP contribution in [0.1, 0.15) is 19.8 Å². The first kappa shape index (κ1) is 20.8. The molecule has 8 nitrogen and oxygen atoms in total. The predicted octanol–water partition coefficient (Wildman–Crippen LogP) is 3.44. The summed E-state index contributed by atoms with van der Waals surface area (Å²) < 4.78 is 5.19. The van der Waals surface area contributed by atoms with Crippen LogP contribution in [0.4, 0.5) is 11.5 Å². The Bertz CT molecular complexity index is 981. The van der Waals surface area contributed by atoms with Gasteiger partial charge < -0.3 is 10.1 Å². The Morgan fingerprint density at radius 3 is 2.62 bits per heavy atom. The van der Waals surface area contributed by atoms with E-state index in [9.17, 15) is 14.4 Å². The quantitative estimate of drug-likeness (QED) is 0.726. The van der Waals surface area contributed by atoms with Crippen LogP contribution in [0.5, 0.6) is 0 Å². The van der Waals surface area contributed by atoms with Crippen LogP contribution in [0, 0.1) is 0 Å². The number of ether oxygens (including phenoxy) is 1. The molecule has 1 aromatic heterocycles. The van der Waals surface area contributed by atoms with Crippen molar-refractivity contribution in [3.05, 3.63) is 52.6 Å². The minimum absolute atomic E-state index is 0.0516. The second kappa shape index (κ2) is 9.02. The van der Waals surface area contributed by atoms with E-state index in [0.717, 1.165) is 5.01 Å². The molecule has 29 heavy (non-hydrogen) atoms. The summed E-state index contributed by atoms with van der Waals surface area (Å²) in [4.78, 5) is 40.8. The first-order valence-electron chi connectivity index (χ1n) is 8.63. The van der Waals surface area contributed by atoms with Crippen molar-refractivity contribution in [3.8, 4) is 0 Å². The Labute approximate surface area is 176 Å². The van der Waals surface area contributed by atoms with Gasteiger partial charge in [0.15, 0.2) is 11.9 Å². The number of hydrogen-bond donors (Lipinski definition) is 1. The van der Waals surface area contributed by atoms with Gasteiger partial charge in [0, 0.05) is 19.0 Å². The zero-order chi connectivity index (χ0) is 21.0. The Kier molecular flexibility index (Phi) is 6.46. The number of esters is 1. The molecule has 3 rings (SSSR count).